The van der Waals surface area contributed by atoms with Crippen molar-refractivity contribution in [2.75, 3.05) is 17.2 Å². The van der Waals surface area contributed by atoms with Crippen LogP contribution >= 0.6 is 0 Å². The first kappa shape index (κ1) is 23.6. The van der Waals surface area contributed by atoms with Crippen molar-refractivity contribution in [3.63, 3.8) is 0 Å². The molecule has 2 aromatic carbocycles. The van der Waals surface area contributed by atoms with Crippen molar-refractivity contribution in [3.05, 3.63) is 72.6 Å². The van der Waals surface area contributed by atoms with E-state index >= 15 is 0 Å². The topological polar surface area (TPSA) is 92.1 Å². The summed E-state index contributed by atoms with van der Waals surface area (Å²) in [5.74, 6) is 0.678. The molecule has 2 amide bonds. The predicted octanol–water partition coefficient (Wildman–Crippen LogP) is 5.51. The lowest BCUT2D eigenvalue weighted by Gasteiger charge is -2.46. The number of carbonyl (C=O) groups is 2. The predicted molar refractivity (Wildman–Crippen MR) is 152 cm³/mol. The van der Waals surface area contributed by atoms with E-state index in [2.05, 4.69) is 48.8 Å². The quantitative estimate of drug-likeness (QED) is 0.348. The number of anilines is 2. The van der Waals surface area contributed by atoms with E-state index in [1.165, 1.54) is 12.5 Å². The third-order valence-electron chi connectivity index (χ3n) is 8.77. The Balaban J connectivity index is 1.34. The van der Waals surface area contributed by atoms with Gasteiger partial charge < -0.3 is 20.1 Å². The molecule has 1 saturated carbocycles. The highest BCUT2D eigenvalue weighted by Gasteiger charge is 2.47. The standard InChI is InChI=1S/C31H30N6O2/c1-3-24(38)35-22-9-6-19(7-10-22)27-25-23-11-8-20(30(39)37-15-5-14-31(37)12-4-13-31)16-21(23)17-32-28-26(25)29(36(27)2)34-18-33-28/h3,6-11,16,18H,1,4-5,12-15,17H2,2H3,(H,35,38)(H,32,33,34). The van der Waals surface area contributed by atoms with Crippen molar-refractivity contribution >= 4 is 34.4 Å². The molecule has 2 aromatic heterocycles. The Morgan fingerprint density at radius 3 is 2.62 bits per heavy atom. The van der Waals surface area contributed by atoms with Gasteiger partial charge >= 0.3 is 0 Å². The Morgan fingerprint density at radius 1 is 1.08 bits per heavy atom. The highest BCUT2D eigenvalue weighted by Crippen LogP contribution is 2.47. The molecule has 2 N–H and O–H groups in total. The molecule has 4 heterocycles. The zero-order valence-corrected chi connectivity index (χ0v) is 22.0. The summed E-state index contributed by atoms with van der Waals surface area (Å²) in [6.45, 7) is 4.94. The van der Waals surface area contributed by atoms with Gasteiger partial charge in [-0.15, -0.1) is 0 Å². The minimum absolute atomic E-state index is 0.0873. The first-order valence-corrected chi connectivity index (χ1v) is 13.6. The number of amides is 2. The first-order valence-electron chi connectivity index (χ1n) is 13.6. The number of likely N-dealkylation sites (tertiary alicyclic amines) is 1. The van der Waals surface area contributed by atoms with E-state index in [0.29, 0.717) is 12.2 Å². The lowest BCUT2D eigenvalue weighted by Crippen LogP contribution is -2.51. The summed E-state index contributed by atoms with van der Waals surface area (Å²) in [4.78, 5) is 36.8. The van der Waals surface area contributed by atoms with Crippen LogP contribution in [0, 0.1) is 0 Å². The molecule has 7 rings (SSSR count). The number of hydrogen-bond donors (Lipinski definition) is 2. The van der Waals surface area contributed by atoms with Crippen LogP contribution in [-0.4, -0.2) is 43.3 Å². The van der Waals surface area contributed by atoms with E-state index in [1.807, 2.05) is 37.4 Å². The molecule has 0 atom stereocenters. The molecule has 0 unspecified atom stereocenters. The summed E-state index contributed by atoms with van der Waals surface area (Å²) in [5, 5.41) is 7.27. The number of nitrogens with zero attached hydrogens (tertiary/aromatic N) is 4. The molecule has 8 nitrogen and oxygen atoms in total. The molecule has 2 aliphatic heterocycles. The van der Waals surface area contributed by atoms with Gasteiger partial charge in [0.25, 0.3) is 5.91 Å². The van der Waals surface area contributed by atoms with Gasteiger partial charge in [-0.25, -0.2) is 9.97 Å². The summed E-state index contributed by atoms with van der Waals surface area (Å²) in [7, 11) is 2.01. The fraction of sp³-hybridized carbons (Fsp3) is 0.290. The van der Waals surface area contributed by atoms with E-state index in [-0.39, 0.29) is 17.4 Å². The minimum atomic E-state index is -0.249. The van der Waals surface area contributed by atoms with E-state index < -0.39 is 0 Å². The molecule has 196 valence electrons. The third kappa shape index (κ3) is 3.58. The first-order chi connectivity index (χ1) is 19.0. The van der Waals surface area contributed by atoms with E-state index in [0.717, 1.165) is 82.6 Å². The smallest absolute Gasteiger partial charge is 0.254 e. The second-order valence-electron chi connectivity index (χ2n) is 10.8. The van der Waals surface area contributed by atoms with Crippen LogP contribution in [0.15, 0.2) is 61.4 Å². The summed E-state index contributed by atoms with van der Waals surface area (Å²) in [5.41, 5.74) is 7.53. The number of rotatable bonds is 4. The van der Waals surface area contributed by atoms with E-state index in [4.69, 9.17) is 0 Å². The Hall–Kier alpha value is -4.46. The van der Waals surface area contributed by atoms with Crippen LogP contribution in [0.5, 0.6) is 0 Å². The van der Waals surface area contributed by atoms with Gasteiger partial charge in [0.1, 0.15) is 17.8 Å². The molecule has 39 heavy (non-hydrogen) atoms. The highest BCUT2D eigenvalue weighted by molar-refractivity contribution is 6.10. The SMILES string of the molecule is C=CC(=O)Nc1ccc(-c2c3c4c(ncnc4n2C)NCc2cc(C(=O)N4CCCC45CCC5)ccc2-3)cc1. The van der Waals surface area contributed by atoms with Crippen LogP contribution in [0.3, 0.4) is 0 Å². The second-order valence-corrected chi connectivity index (χ2v) is 10.8. The molecule has 4 aromatic rings. The van der Waals surface area contributed by atoms with Crippen LogP contribution in [0.2, 0.25) is 0 Å². The summed E-state index contributed by atoms with van der Waals surface area (Å²) in [6, 6.07) is 13.9. The third-order valence-corrected chi connectivity index (χ3v) is 8.77. The van der Waals surface area contributed by atoms with Crippen LogP contribution in [-0.2, 0) is 18.4 Å². The van der Waals surface area contributed by atoms with Crippen LogP contribution in [0.4, 0.5) is 11.5 Å². The van der Waals surface area contributed by atoms with Gasteiger partial charge in [-0.2, -0.15) is 0 Å². The van der Waals surface area contributed by atoms with Crippen molar-refractivity contribution in [2.45, 2.75) is 44.2 Å². The minimum Gasteiger partial charge on any atom is -0.365 e. The Labute approximate surface area is 226 Å². The average molecular weight is 519 g/mol. The zero-order valence-electron chi connectivity index (χ0n) is 22.0. The Morgan fingerprint density at radius 2 is 1.87 bits per heavy atom. The summed E-state index contributed by atoms with van der Waals surface area (Å²) < 4.78 is 2.09. The molecule has 2 fully saturated rings. The number of hydrogen-bond acceptors (Lipinski definition) is 5. The van der Waals surface area contributed by atoms with Crippen LogP contribution in [0.1, 0.15) is 48.0 Å². The number of nitrogens with one attached hydrogen (secondary N) is 2. The normalized spacial score (nSPS) is 16.8. The summed E-state index contributed by atoms with van der Waals surface area (Å²) >= 11 is 0. The maximum absolute atomic E-state index is 13.7. The fourth-order valence-electron chi connectivity index (χ4n) is 6.70. The van der Waals surface area contributed by atoms with Crippen molar-refractivity contribution in [3.8, 4) is 22.4 Å². The number of aryl methyl sites for hydroxylation is 1. The van der Waals surface area contributed by atoms with Crippen LogP contribution in [0.25, 0.3) is 33.4 Å². The van der Waals surface area contributed by atoms with Crippen molar-refractivity contribution in [2.24, 2.45) is 7.05 Å². The Bertz CT molecular complexity index is 1660. The second kappa shape index (κ2) is 8.80. The molecular weight excluding hydrogens is 488 g/mol. The van der Waals surface area contributed by atoms with Gasteiger partial charge in [0, 0.05) is 42.5 Å². The lowest BCUT2D eigenvalue weighted by molar-refractivity contribution is -0.111. The van der Waals surface area contributed by atoms with Crippen molar-refractivity contribution in [1.82, 2.24) is 19.4 Å². The van der Waals surface area contributed by atoms with Gasteiger partial charge in [0.15, 0.2) is 0 Å². The number of benzene rings is 2. The average Bonchev–Trinajstić information content (AvgIpc) is 3.47. The number of aromatic nitrogens is 3. The molecule has 1 saturated heterocycles. The molecular formula is C31H30N6O2. The molecule has 1 aliphatic carbocycles. The maximum atomic E-state index is 13.7. The van der Waals surface area contributed by atoms with Gasteiger partial charge in [-0.1, -0.05) is 24.8 Å². The molecule has 0 radical (unpaired) electrons. The number of fused-ring (bicyclic) bond motifs is 2. The van der Waals surface area contributed by atoms with E-state index in [1.54, 1.807) is 6.33 Å². The molecule has 3 aliphatic rings. The van der Waals surface area contributed by atoms with Gasteiger partial charge in [0.05, 0.1) is 11.1 Å². The highest BCUT2D eigenvalue weighted by atomic mass is 16.2. The van der Waals surface area contributed by atoms with Crippen LogP contribution < -0.4 is 10.6 Å². The fourth-order valence-corrected chi connectivity index (χ4v) is 6.70. The van der Waals surface area contributed by atoms with Crippen molar-refractivity contribution in [1.29, 1.82) is 0 Å². The van der Waals surface area contributed by atoms with E-state index in [9.17, 15) is 9.59 Å². The summed E-state index contributed by atoms with van der Waals surface area (Å²) in [6.07, 6.45) is 8.52. The molecule has 8 heteroatoms. The Kier molecular flexibility index (Phi) is 5.33. The monoisotopic (exact) mass is 518 g/mol. The maximum Gasteiger partial charge on any atom is 0.254 e. The van der Waals surface area contributed by atoms with Gasteiger partial charge in [-0.05, 0) is 79.1 Å². The largest absolute Gasteiger partial charge is 0.365 e. The molecule has 1 spiro atoms. The van der Waals surface area contributed by atoms with Gasteiger partial charge in [0.2, 0.25) is 5.91 Å². The van der Waals surface area contributed by atoms with Crippen molar-refractivity contribution < 1.29 is 9.59 Å². The zero-order chi connectivity index (χ0) is 26.7. The molecule has 0 bridgehead atoms. The number of carbonyl (C=O) groups excluding carboxylic acids is 2. The van der Waals surface area contributed by atoms with Gasteiger partial charge in [-0.3, -0.25) is 9.59 Å². The lowest BCUT2D eigenvalue weighted by atomic mass is 9.74.